The summed E-state index contributed by atoms with van der Waals surface area (Å²) >= 11 is 3.04. The number of ether oxygens (including phenoxy) is 1. The number of aromatic nitrogens is 4. The van der Waals surface area contributed by atoms with Crippen molar-refractivity contribution in [1.82, 2.24) is 19.6 Å². The van der Waals surface area contributed by atoms with Crippen LogP contribution in [0.25, 0.3) is 5.65 Å². The second-order valence-electron chi connectivity index (χ2n) is 6.20. The van der Waals surface area contributed by atoms with Gasteiger partial charge in [-0.1, -0.05) is 29.2 Å². The van der Waals surface area contributed by atoms with Crippen molar-refractivity contribution in [3.63, 3.8) is 0 Å². The Kier molecular flexibility index (Phi) is 5.18. The minimum Gasteiger partial charge on any atom is -0.376 e. The van der Waals surface area contributed by atoms with E-state index in [2.05, 4.69) is 20.5 Å². The molecule has 1 aliphatic rings. The van der Waals surface area contributed by atoms with Gasteiger partial charge in [0.1, 0.15) is 5.65 Å². The van der Waals surface area contributed by atoms with Gasteiger partial charge in [-0.2, -0.15) is 0 Å². The van der Waals surface area contributed by atoms with E-state index in [1.807, 2.05) is 19.1 Å². The summed E-state index contributed by atoms with van der Waals surface area (Å²) in [5.74, 6) is 0.583. The number of anilines is 1. The summed E-state index contributed by atoms with van der Waals surface area (Å²) in [6.45, 7) is 3.57. The molecule has 9 heteroatoms. The van der Waals surface area contributed by atoms with Gasteiger partial charge < -0.3 is 10.1 Å². The molecule has 0 aromatic carbocycles. The lowest BCUT2D eigenvalue weighted by Gasteiger charge is -2.08. The fourth-order valence-corrected chi connectivity index (χ4v) is 4.47. The van der Waals surface area contributed by atoms with Crippen molar-refractivity contribution < 1.29 is 4.74 Å². The zero-order chi connectivity index (χ0) is 17.9. The molecule has 4 heterocycles. The molecule has 1 fully saturated rings. The standard InChI is InChI=1S/C17H19N5O2S2/c1-11-4-5-14-19-12(7-15(23)22(14)9-11)10-25-17-21-20-16(26-17)18-8-13-3-2-6-24-13/h4-5,7,9,13H,2-3,6,8,10H2,1H3,(H,18,20). The monoisotopic (exact) mass is 389 g/mol. The van der Waals surface area contributed by atoms with Gasteiger partial charge in [0, 0.05) is 31.2 Å². The number of thioether (sulfide) groups is 1. The van der Waals surface area contributed by atoms with Crippen molar-refractivity contribution in [2.45, 2.75) is 36.0 Å². The van der Waals surface area contributed by atoms with Crippen LogP contribution in [0.5, 0.6) is 0 Å². The molecule has 1 atom stereocenters. The summed E-state index contributed by atoms with van der Waals surface area (Å²) < 4.78 is 8.01. The summed E-state index contributed by atoms with van der Waals surface area (Å²) in [6, 6.07) is 5.40. The first kappa shape index (κ1) is 17.4. The molecule has 0 saturated carbocycles. The Morgan fingerprint density at radius 2 is 2.35 bits per heavy atom. The predicted molar refractivity (Wildman–Crippen MR) is 103 cm³/mol. The summed E-state index contributed by atoms with van der Waals surface area (Å²) in [6.07, 6.45) is 4.30. The van der Waals surface area contributed by atoms with Gasteiger partial charge in [-0.25, -0.2) is 4.98 Å². The SMILES string of the molecule is Cc1ccc2nc(CSc3nnc(NCC4CCCO4)s3)cc(=O)n2c1. The van der Waals surface area contributed by atoms with Crippen LogP contribution < -0.4 is 10.9 Å². The third-order valence-corrected chi connectivity index (χ3v) is 6.16. The number of aryl methyl sites for hydroxylation is 1. The lowest BCUT2D eigenvalue weighted by atomic mass is 10.2. The van der Waals surface area contributed by atoms with Gasteiger partial charge in [0.25, 0.3) is 5.56 Å². The molecule has 0 spiro atoms. The molecule has 3 aromatic heterocycles. The van der Waals surface area contributed by atoms with Crippen LogP contribution in [0.3, 0.4) is 0 Å². The Labute approximate surface area is 158 Å². The zero-order valence-corrected chi connectivity index (χ0v) is 16.0. The highest BCUT2D eigenvalue weighted by atomic mass is 32.2. The minimum absolute atomic E-state index is 0.0644. The Morgan fingerprint density at radius 1 is 1.42 bits per heavy atom. The fraction of sp³-hybridized carbons (Fsp3) is 0.412. The number of nitrogens with one attached hydrogen (secondary N) is 1. The smallest absolute Gasteiger partial charge is 0.258 e. The maximum atomic E-state index is 12.2. The van der Waals surface area contributed by atoms with E-state index in [1.54, 1.807) is 16.7 Å². The van der Waals surface area contributed by atoms with Crippen molar-refractivity contribution >= 4 is 33.9 Å². The molecule has 1 saturated heterocycles. The minimum atomic E-state index is -0.0644. The van der Waals surface area contributed by atoms with Gasteiger partial charge in [0.05, 0.1) is 11.8 Å². The Hall–Kier alpha value is -1.97. The number of fused-ring (bicyclic) bond motifs is 1. The molecule has 1 N–H and O–H groups in total. The highest BCUT2D eigenvalue weighted by Crippen LogP contribution is 2.28. The Bertz CT molecular complexity index is 965. The first-order valence-electron chi connectivity index (χ1n) is 8.48. The summed E-state index contributed by atoms with van der Waals surface area (Å²) in [5.41, 5.74) is 2.37. The van der Waals surface area contributed by atoms with Crippen molar-refractivity contribution in [2.24, 2.45) is 0 Å². The quantitative estimate of drug-likeness (QED) is 0.649. The Balaban J connectivity index is 1.38. The molecule has 0 aliphatic carbocycles. The van der Waals surface area contributed by atoms with E-state index in [0.29, 0.717) is 11.4 Å². The summed E-state index contributed by atoms with van der Waals surface area (Å²) in [7, 11) is 0. The normalized spacial score (nSPS) is 17.0. The van der Waals surface area contributed by atoms with E-state index in [9.17, 15) is 4.79 Å². The van der Waals surface area contributed by atoms with Crippen LogP contribution >= 0.6 is 23.1 Å². The molecule has 3 aromatic rings. The second kappa shape index (κ2) is 7.73. The maximum Gasteiger partial charge on any atom is 0.258 e. The maximum absolute atomic E-state index is 12.2. The van der Waals surface area contributed by atoms with Crippen LogP contribution in [0.15, 0.2) is 33.5 Å². The zero-order valence-electron chi connectivity index (χ0n) is 14.3. The Morgan fingerprint density at radius 3 is 3.19 bits per heavy atom. The van der Waals surface area contributed by atoms with Gasteiger partial charge >= 0.3 is 0 Å². The summed E-state index contributed by atoms with van der Waals surface area (Å²) in [4.78, 5) is 16.8. The highest BCUT2D eigenvalue weighted by molar-refractivity contribution is 8.00. The van der Waals surface area contributed by atoms with E-state index in [0.717, 1.165) is 46.7 Å². The van der Waals surface area contributed by atoms with Crippen LogP contribution in [0.4, 0.5) is 5.13 Å². The van der Waals surface area contributed by atoms with E-state index < -0.39 is 0 Å². The molecule has 4 rings (SSSR count). The van der Waals surface area contributed by atoms with Crippen LogP contribution in [0.1, 0.15) is 24.1 Å². The van der Waals surface area contributed by atoms with Crippen LogP contribution in [-0.4, -0.2) is 38.8 Å². The van der Waals surface area contributed by atoms with Crippen molar-refractivity contribution in [3.05, 3.63) is 46.0 Å². The molecule has 1 aliphatic heterocycles. The van der Waals surface area contributed by atoms with Crippen molar-refractivity contribution in [3.8, 4) is 0 Å². The van der Waals surface area contributed by atoms with Gasteiger partial charge in [-0.15, -0.1) is 10.2 Å². The largest absolute Gasteiger partial charge is 0.376 e. The number of pyridine rings is 1. The number of nitrogens with zero attached hydrogens (tertiary/aromatic N) is 4. The lowest BCUT2D eigenvalue weighted by molar-refractivity contribution is 0.120. The van der Waals surface area contributed by atoms with Crippen LogP contribution in [0.2, 0.25) is 0 Å². The van der Waals surface area contributed by atoms with Gasteiger partial charge in [-0.3, -0.25) is 9.20 Å². The molecule has 7 nitrogen and oxygen atoms in total. The molecule has 136 valence electrons. The predicted octanol–water partition coefficient (Wildman–Crippen LogP) is 2.74. The molecule has 0 bridgehead atoms. The molecule has 0 amide bonds. The first-order chi connectivity index (χ1) is 12.7. The molecule has 26 heavy (non-hydrogen) atoms. The topological polar surface area (TPSA) is 81.4 Å². The lowest BCUT2D eigenvalue weighted by Crippen LogP contribution is -2.18. The van der Waals surface area contributed by atoms with Crippen molar-refractivity contribution in [2.75, 3.05) is 18.5 Å². The third-order valence-electron chi connectivity index (χ3n) is 4.12. The fourth-order valence-electron chi connectivity index (χ4n) is 2.81. The van der Waals surface area contributed by atoms with E-state index >= 15 is 0 Å². The first-order valence-corrected chi connectivity index (χ1v) is 10.3. The van der Waals surface area contributed by atoms with E-state index in [1.165, 1.54) is 23.1 Å². The molecule has 0 radical (unpaired) electrons. The van der Waals surface area contributed by atoms with Gasteiger partial charge in [0.2, 0.25) is 5.13 Å². The van der Waals surface area contributed by atoms with Crippen LogP contribution in [0, 0.1) is 6.92 Å². The molecular weight excluding hydrogens is 370 g/mol. The number of hydrogen-bond acceptors (Lipinski definition) is 8. The molecular formula is C17H19N5O2S2. The average molecular weight is 390 g/mol. The van der Waals surface area contributed by atoms with E-state index in [-0.39, 0.29) is 11.7 Å². The van der Waals surface area contributed by atoms with E-state index in [4.69, 9.17) is 4.74 Å². The van der Waals surface area contributed by atoms with Gasteiger partial charge in [-0.05, 0) is 31.4 Å². The number of rotatable bonds is 6. The second-order valence-corrected chi connectivity index (χ2v) is 8.40. The summed E-state index contributed by atoms with van der Waals surface area (Å²) in [5, 5.41) is 12.4. The highest BCUT2D eigenvalue weighted by Gasteiger charge is 2.16. The molecule has 1 unspecified atom stereocenters. The van der Waals surface area contributed by atoms with Crippen molar-refractivity contribution in [1.29, 1.82) is 0 Å². The third kappa shape index (κ3) is 4.05. The number of hydrogen-bond donors (Lipinski definition) is 1. The van der Waals surface area contributed by atoms with Crippen LogP contribution in [-0.2, 0) is 10.5 Å². The average Bonchev–Trinajstić information content (AvgIpc) is 3.30. The van der Waals surface area contributed by atoms with Gasteiger partial charge in [0.15, 0.2) is 4.34 Å².